The molecule has 0 unspecified atom stereocenters. The molecule has 0 fully saturated rings. The van der Waals surface area contributed by atoms with Gasteiger partial charge in [0.25, 0.3) is 0 Å². The van der Waals surface area contributed by atoms with Crippen LogP contribution < -0.4 is 0 Å². The van der Waals surface area contributed by atoms with Crippen molar-refractivity contribution < 1.29 is 18.3 Å². The van der Waals surface area contributed by atoms with E-state index in [1.807, 2.05) is 0 Å². The van der Waals surface area contributed by atoms with Gasteiger partial charge in [-0.1, -0.05) is 20.8 Å². The van der Waals surface area contributed by atoms with Gasteiger partial charge in [-0.25, -0.2) is 8.42 Å². The highest BCUT2D eigenvalue weighted by molar-refractivity contribution is 7.91. The van der Waals surface area contributed by atoms with Crippen LogP contribution >= 0.6 is 0 Å². The summed E-state index contributed by atoms with van der Waals surface area (Å²) in [4.78, 5) is 10.4. The molecule has 0 aliphatic carbocycles. The molecule has 0 amide bonds. The maximum atomic E-state index is 11.2. The van der Waals surface area contributed by atoms with Gasteiger partial charge in [-0.05, 0) is 5.41 Å². The predicted octanol–water partition coefficient (Wildman–Crippen LogP) is 0.922. The van der Waals surface area contributed by atoms with E-state index in [1.54, 1.807) is 20.8 Å². The summed E-state index contributed by atoms with van der Waals surface area (Å²) in [6.07, 6.45) is -0.119. The molecule has 0 radical (unpaired) electrons. The van der Waals surface area contributed by atoms with Gasteiger partial charge in [-0.15, -0.1) is 0 Å². The molecular weight excluding hydrogens is 192 g/mol. The standard InChI is InChI=1S/C8H16O4S/c1-4-13(11,12)6-8(2,3)5-7(9)10/h4-6H2,1-3H3,(H,9,10). The van der Waals surface area contributed by atoms with Crippen LogP contribution in [0.15, 0.2) is 0 Å². The Balaban J connectivity index is 4.42. The number of carboxylic acid groups (broad SMARTS) is 1. The fourth-order valence-electron chi connectivity index (χ4n) is 1.16. The van der Waals surface area contributed by atoms with Crippen molar-refractivity contribution in [3.05, 3.63) is 0 Å². The minimum absolute atomic E-state index is 0.0655. The van der Waals surface area contributed by atoms with Gasteiger partial charge in [0, 0.05) is 5.75 Å². The molecule has 0 rings (SSSR count). The summed E-state index contributed by atoms with van der Waals surface area (Å²) in [7, 11) is -3.09. The van der Waals surface area contributed by atoms with E-state index in [2.05, 4.69) is 0 Å². The minimum Gasteiger partial charge on any atom is -0.481 e. The fraction of sp³-hybridized carbons (Fsp3) is 0.875. The molecule has 78 valence electrons. The van der Waals surface area contributed by atoms with Crippen molar-refractivity contribution in [3.8, 4) is 0 Å². The topological polar surface area (TPSA) is 71.4 Å². The Kier molecular flexibility index (Phi) is 3.90. The number of hydrogen-bond donors (Lipinski definition) is 1. The smallest absolute Gasteiger partial charge is 0.303 e. The van der Waals surface area contributed by atoms with Crippen LogP contribution in [-0.4, -0.2) is 31.0 Å². The van der Waals surface area contributed by atoms with Gasteiger partial charge in [-0.2, -0.15) is 0 Å². The molecule has 0 aliphatic rings. The van der Waals surface area contributed by atoms with Gasteiger partial charge in [0.05, 0.1) is 12.2 Å². The third-order valence-corrected chi connectivity index (χ3v) is 3.78. The number of rotatable bonds is 5. The van der Waals surface area contributed by atoms with Crippen LogP contribution in [0.1, 0.15) is 27.2 Å². The van der Waals surface area contributed by atoms with E-state index in [4.69, 9.17) is 5.11 Å². The second-order valence-electron chi connectivity index (χ2n) is 3.91. The summed E-state index contributed by atoms with van der Waals surface area (Å²) in [5, 5.41) is 8.52. The molecule has 13 heavy (non-hydrogen) atoms. The maximum Gasteiger partial charge on any atom is 0.303 e. The Labute approximate surface area is 78.9 Å². The zero-order valence-electron chi connectivity index (χ0n) is 8.20. The first-order valence-corrected chi connectivity index (χ1v) is 5.93. The summed E-state index contributed by atoms with van der Waals surface area (Å²) >= 11 is 0. The Morgan fingerprint density at radius 3 is 2.15 bits per heavy atom. The lowest BCUT2D eigenvalue weighted by Gasteiger charge is -2.21. The molecule has 0 spiro atoms. The summed E-state index contributed by atoms with van der Waals surface area (Å²) in [5.41, 5.74) is -0.680. The van der Waals surface area contributed by atoms with E-state index in [1.165, 1.54) is 0 Å². The molecule has 0 heterocycles. The quantitative estimate of drug-likeness (QED) is 0.729. The van der Waals surface area contributed by atoms with Crippen molar-refractivity contribution in [1.29, 1.82) is 0 Å². The third kappa shape index (κ3) is 5.63. The lowest BCUT2D eigenvalue weighted by atomic mass is 9.92. The molecule has 0 saturated heterocycles. The van der Waals surface area contributed by atoms with Crippen molar-refractivity contribution in [3.63, 3.8) is 0 Å². The van der Waals surface area contributed by atoms with Gasteiger partial charge >= 0.3 is 5.97 Å². The van der Waals surface area contributed by atoms with Crippen LogP contribution in [-0.2, 0) is 14.6 Å². The zero-order chi connectivity index (χ0) is 10.7. The Bertz CT molecular complexity index is 277. The Hall–Kier alpha value is -0.580. The average Bonchev–Trinajstić information content (AvgIpc) is 1.81. The van der Waals surface area contributed by atoms with Gasteiger partial charge in [0.1, 0.15) is 0 Å². The molecule has 0 aliphatic heterocycles. The molecule has 5 heteroatoms. The van der Waals surface area contributed by atoms with Crippen LogP contribution in [0.25, 0.3) is 0 Å². The number of aliphatic carboxylic acids is 1. The fourth-order valence-corrected chi connectivity index (χ4v) is 2.65. The van der Waals surface area contributed by atoms with Crippen LogP contribution in [0.4, 0.5) is 0 Å². The Morgan fingerprint density at radius 1 is 1.38 bits per heavy atom. The van der Waals surface area contributed by atoms with Crippen molar-refractivity contribution in [2.45, 2.75) is 27.2 Å². The number of sulfone groups is 1. The predicted molar refractivity (Wildman–Crippen MR) is 50.4 cm³/mol. The average molecular weight is 208 g/mol. The van der Waals surface area contributed by atoms with Crippen LogP contribution in [0.2, 0.25) is 0 Å². The largest absolute Gasteiger partial charge is 0.481 e. The highest BCUT2D eigenvalue weighted by Crippen LogP contribution is 2.22. The minimum atomic E-state index is -3.09. The van der Waals surface area contributed by atoms with Gasteiger partial charge in [-0.3, -0.25) is 4.79 Å². The molecule has 0 aromatic rings. The number of carbonyl (C=O) groups is 1. The van der Waals surface area contributed by atoms with E-state index >= 15 is 0 Å². The lowest BCUT2D eigenvalue weighted by molar-refractivity contribution is -0.138. The maximum absolute atomic E-state index is 11.2. The zero-order valence-corrected chi connectivity index (χ0v) is 9.02. The SMILES string of the molecule is CCS(=O)(=O)CC(C)(C)CC(=O)O. The first kappa shape index (κ1) is 12.4. The molecule has 0 atom stereocenters. The molecule has 1 N–H and O–H groups in total. The highest BCUT2D eigenvalue weighted by Gasteiger charge is 2.27. The lowest BCUT2D eigenvalue weighted by Crippen LogP contribution is -2.27. The molecular formula is C8H16O4S. The second-order valence-corrected chi connectivity index (χ2v) is 6.26. The molecule has 4 nitrogen and oxygen atoms in total. The highest BCUT2D eigenvalue weighted by atomic mass is 32.2. The summed E-state index contributed by atoms with van der Waals surface area (Å²) in [6.45, 7) is 4.86. The summed E-state index contributed by atoms with van der Waals surface area (Å²) in [6, 6.07) is 0. The third-order valence-electron chi connectivity index (χ3n) is 1.68. The van der Waals surface area contributed by atoms with Crippen molar-refractivity contribution >= 4 is 15.8 Å². The van der Waals surface area contributed by atoms with Gasteiger partial charge < -0.3 is 5.11 Å². The van der Waals surface area contributed by atoms with Crippen molar-refractivity contribution in [1.82, 2.24) is 0 Å². The molecule has 0 bridgehead atoms. The van der Waals surface area contributed by atoms with Crippen molar-refractivity contribution in [2.75, 3.05) is 11.5 Å². The first-order chi connectivity index (χ1) is 5.68. The molecule has 0 saturated carbocycles. The Morgan fingerprint density at radius 2 is 1.85 bits per heavy atom. The molecule has 0 aromatic carbocycles. The second kappa shape index (κ2) is 4.09. The van der Waals surface area contributed by atoms with Crippen LogP contribution in [0, 0.1) is 5.41 Å². The van der Waals surface area contributed by atoms with E-state index < -0.39 is 21.2 Å². The monoisotopic (exact) mass is 208 g/mol. The summed E-state index contributed by atoms with van der Waals surface area (Å²) in [5.74, 6) is -0.963. The molecule has 0 aromatic heterocycles. The van der Waals surface area contributed by atoms with E-state index in [0.717, 1.165) is 0 Å². The van der Waals surface area contributed by atoms with E-state index in [-0.39, 0.29) is 17.9 Å². The number of carboxylic acids is 1. The van der Waals surface area contributed by atoms with Gasteiger partial charge in [0.2, 0.25) is 0 Å². The normalized spacial score (nSPS) is 12.8. The van der Waals surface area contributed by atoms with Crippen molar-refractivity contribution in [2.24, 2.45) is 5.41 Å². The van der Waals surface area contributed by atoms with Crippen LogP contribution in [0.5, 0.6) is 0 Å². The van der Waals surface area contributed by atoms with Gasteiger partial charge in [0.15, 0.2) is 9.84 Å². The first-order valence-electron chi connectivity index (χ1n) is 4.11. The van der Waals surface area contributed by atoms with E-state index in [0.29, 0.717) is 0 Å². The number of hydrogen-bond acceptors (Lipinski definition) is 3. The van der Waals surface area contributed by atoms with E-state index in [9.17, 15) is 13.2 Å². The summed E-state index contributed by atoms with van der Waals surface area (Å²) < 4.78 is 22.4. The van der Waals surface area contributed by atoms with Crippen LogP contribution in [0.3, 0.4) is 0 Å².